The van der Waals surface area contributed by atoms with Gasteiger partial charge in [-0.15, -0.1) is 0 Å². The van der Waals surface area contributed by atoms with E-state index in [2.05, 4.69) is 37.8 Å². The molecule has 0 amide bonds. The molecule has 0 unspecified atom stereocenters. The van der Waals surface area contributed by atoms with Crippen LogP contribution in [0.25, 0.3) is 11.1 Å². The molecule has 124 valence electrons. The molecule has 0 fully saturated rings. The van der Waals surface area contributed by atoms with Gasteiger partial charge in [0.2, 0.25) is 0 Å². The summed E-state index contributed by atoms with van der Waals surface area (Å²) in [6.07, 6.45) is 1.04. The predicted molar refractivity (Wildman–Crippen MR) is 96.1 cm³/mol. The maximum absolute atomic E-state index is 13.1. The van der Waals surface area contributed by atoms with Gasteiger partial charge in [-0.1, -0.05) is 49.9 Å². The zero-order chi connectivity index (χ0) is 17.7. The third-order valence-corrected chi connectivity index (χ3v) is 4.12. The predicted octanol–water partition coefficient (Wildman–Crippen LogP) is 5.35. The molecule has 0 heterocycles. The zero-order valence-electron chi connectivity index (χ0n) is 14.0. The Balaban J connectivity index is 0.000000219. The van der Waals surface area contributed by atoms with Crippen molar-refractivity contribution in [2.75, 3.05) is 0 Å². The molecule has 1 N–H and O–H groups in total. The highest BCUT2D eigenvalue weighted by Crippen LogP contribution is 2.41. The lowest BCUT2D eigenvalue weighted by Crippen LogP contribution is -1.97. The van der Waals surface area contributed by atoms with Gasteiger partial charge in [-0.3, -0.25) is 4.79 Å². The van der Waals surface area contributed by atoms with E-state index in [0.29, 0.717) is 11.1 Å². The molecule has 3 rings (SSSR count). The minimum absolute atomic E-state index is 0.0959. The Morgan fingerprint density at radius 2 is 1.79 bits per heavy atom. The Labute approximate surface area is 142 Å². The van der Waals surface area contributed by atoms with Crippen molar-refractivity contribution in [3.8, 4) is 0 Å². The highest BCUT2D eigenvalue weighted by molar-refractivity contribution is 6.02. The van der Waals surface area contributed by atoms with Crippen LogP contribution >= 0.6 is 0 Å². The molecular formula is C21H21FO2. The van der Waals surface area contributed by atoms with Crippen molar-refractivity contribution < 1.29 is 14.3 Å². The van der Waals surface area contributed by atoms with Gasteiger partial charge < -0.3 is 5.11 Å². The van der Waals surface area contributed by atoms with Crippen molar-refractivity contribution in [3.63, 3.8) is 0 Å². The first-order valence-electron chi connectivity index (χ1n) is 7.89. The first-order chi connectivity index (χ1) is 11.4. The van der Waals surface area contributed by atoms with Crippen LogP contribution in [0.2, 0.25) is 0 Å². The normalized spacial score (nSPS) is 12.5. The Morgan fingerprint density at radius 1 is 1.12 bits per heavy atom. The van der Waals surface area contributed by atoms with Gasteiger partial charge in [0.15, 0.2) is 0 Å². The third kappa shape index (κ3) is 3.99. The van der Waals surface area contributed by atoms with E-state index in [1.165, 1.54) is 17.7 Å². The van der Waals surface area contributed by atoms with Crippen molar-refractivity contribution in [2.45, 2.75) is 26.7 Å². The Kier molecular flexibility index (Phi) is 5.69. The molecule has 2 aromatic rings. The number of halogens is 1. The molecule has 1 aliphatic carbocycles. The Hall–Kier alpha value is -2.68. The molecule has 0 spiro atoms. The number of carbonyl (C=O) groups is 1. The molecule has 0 saturated carbocycles. The SMILES string of the molecule is C=C1C(C)=C(CC(=O)O)c2cc(F)ccc21.CCc1ccccc1. The number of aliphatic carboxylic acids is 1. The van der Waals surface area contributed by atoms with Crippen LogP contribution in [-0.2, 0) is 11.2 Å². The van der Waals surface area contributed by atoms with E-state index < -0.39 is 5.97 Å². The smallest absolute Gasteiger partial charge is 0.307 e. The van der Waals surface area contributed by atoms with E-state index in [0.717, 1.165) is 23.1 Å². The quantitative estimate of drug-likeness (QED) is 0.826. The topological polar surface area (TPSA) is 37.3 Å². The number of allylic oxidation sites excluding steroid dienone is 2. The van der Waals surface area contributed by atoms with E-state index in [1.807, 2.05) is 13.0 Å². The number of hydrogen-bond donors (Lipinski definition) is 1. The Bertz CT molecular complexity index is 789. The molecule has 0 aliphatic heterocycles. The van der Waals surface area contributed by atoms with Crippen LogP contribution in [-0.4, -0.2) is 11.1 Å². The summed E-state index contributed by atoms with van der Waals surface area (Å²) in [6, 6.07) is 14.8. The minimum atomic E-state index is -0.917. The summed E-state index contributed by atoms with van der Waals surface area (Å²) in [4.78, 5) is 10.7. The summed E-state index contributed by atoms with van der Waals surface area (Å²) in [5.41, 5.74) is 5.17. The molecule has 0 bridgehead atoms. The number of rotatable bonds is 3. The van der Waals surface area contributed by atoms with Gasteiger partial charge in [0, 0.05) is 0 Å². The molecule has 0 radical (unpaired) electrons. The second kappa shape index (κ2) is 7.73. The lowest BCUT2D eigenvalue weighted by molar-refractivity contribution is -0.135. The highest BCUT2D eigenvalue weighted by atomic mass is 19.1. The van der Waals surface area contributed by atoms with Crippen molar-refractivity contribution in [1.29, 1.82) is 0 Å². The lowest BCUT2D eigenvalue weighted by Gasteiger charge is -2.03. The fourth-order valence-electron chi connectivity index (χ4n) is 2.71. The van der Waals surface area contributed by atoms with Gasteiger partial charge in [0.1, 0.15) is 5.82 Å². The summed E-state index contributed by atoms with van der Waals surface area (Å²) in [5, 5.41) is 8.82. The molecular weight excluding hydrogens is 303 g/mol. The van der Waals surface area contributed by atoms with Gasteiger partial charge in [-0.05, 0) is 58.9 Å². The van der Waals surface area contributed by atoms with Crippen molar-refractivity contribution in [2.24, 2.45) is 0 Å². The molecule has 2 aromatic carbocycles. The fraction of sp³-hybridized carbons (Fsp3) is 0.190. The zero-order valence-corrected chi connectivity index (χ0v) is 14.0. The van der Waals surface area contributed by atoms with E-state index >= 15 is 0 Å². The molecule has 0 atom stereocenters. The van der Waals surface area contributed by atoms with Gasteiger partial charge in [-0.25, -0.2) is 4.39 Å². The monoisotopic (exact) mass is 324 g/mol. The highest BCUT2D eigenvalue weighted by Gasteiger charge is 2.24. The van der Waals surface area contributed by atoms with Gasteiger partial charge in [-0.2, -0.15) is 0 Å². The number of hydrogen-bond acceptors (Lipinski definition) is 1. The van der Waals surface area contributed by atoms with Gasteiger partial charge >= 0.3 is 5.97 Å². The number of carboxylic acid groups (broad SMARTS) is 1. The van der Waals surface area contributed by atoms with E-state index in [4.69, 9.17) is 5.11 Å². The maximum Gasteiger partial charge on any atom is 0.307 e. The van der Waals surface area contributed by atoms with Crippen LogP contribution in [0.1, 0.15) is 37.0 Å². The molecule has 2 nitrogen and oxygen atoms in total. The van der Waals surface area contributed by atoms with Crippen LogP contribution in [0, 0.1) is 5.82 Å². The minimum Gasteiger partial charge on any atom is -0.481 e. The molecule has 0 aromatic heterocycles. The second-order valence-electron chi connectivity index (χ2n) is 5.68. The van der Waals surface area contributed by atoms with Gasteiger partial charge in [0.05, 0.1) is 6.42 Å². The maximum atomic E-state index is 13.1. The number of carboxylic acids is 1. The summed E-state index contributed by atoms with van der Waals surface area (Å²) in [5.74, 6) is -1.27. The van der Waals surface area contributed by atoms with Crippen molar-refractivity contribution in [3.05, 3.63) is 83.2 Å². The van der Waals surface area contributed by atoms with E-state index in [9.17, 15) is 9.18 Å². The average Bonchev–Trinajstić information content (AvgIpc) is 2.80. The number of aryl methyl sites for hydroxylation is 1. The third-order valence-electron chi connectivity index (χ3n) is 4.12. The first-order valence-corrected chi connectivity index (χ1v) is 7.89. The van der Waals surface area contributed by atoms with Crippen LogP contribution in [0.3, 0.4) is 0 Å². The summed E-state index contributed by atoms with van der Waals surface area (Å²) < 4.78 is 13.1. The summed E-state index contributed by atoms with van der Waals surface area (Å²) in [6.45, 7) is 7.87. The average molecular weight is 324 g/mol. The lowest BCUT2D eigenvalue weighted by atomic mass is 10.0. The van der Waals surface area contributed by atoms with E-state index in [-0.39, 0.29) is 12.2 Å². The van der Waals surface area contributed by atoms with E-state index in [1.54, 1.807) is 6.07 Å². The largest absolute Gasteiger partial charge is 0.481 e. The van der Waals surface area contributed by atoms with Crippen molar-refractivity contribution >= 4 is 17.1 Å². The van der Waals surface area contributed by atoms with Crippen molar-refractivity contribution in [1.82, 2.24) is 0 Å². The molecule has 24 heavy (non-hydrogen) atoms. The van der Waals surface area contributed by atoms with Crippen LogP contribution < -0.4 is 0 Å². The number of benzene rings is 2. The molecule has 3 heteroatoms. The molecule has 0 saturated heterocycles. The fourth-order valence-corrected chi connectivity index (χ4v) is 2.71. The van der Waals surface area contributed by atoms with Crippen LogP contribution in [0.15, 0.2) is 60.7 Å². The standard InChI is InChI=1S/C13H11FO2.C8H10/c1-7-8(2)11(6-13(15)16)12-5-9(14)3-4-10(7)12;1-2-8-6-4-3-5-7-8/h3-5H,1,6H2,2H3,(H,15,16);3-7H,2H2,1H3. The van der Waals surface area contributed by atoms with Crippen LogP contribution in [0.4, 0.5) is 4.39 Å². The van der Waals surface area contributed by atoms with Gasteiger partial charge in [0.25, 0.3) is 0 Å². The van der Waals surface area contributed by atoms with Crippen LogP contribution in [0.5, 0.6) is 0 Å². The second-order valence-corrected chi connectivity index (χ2v) is 5.68. The summed E-state index contributed by atoms with van der Waals surface area (Å²) in [7, 11) is 0. The summed E-state index contributed by atoms with van der Waals surface area (Å²) >= 11 is 0. The number of fused-ring (bicyclic) bond motifs is 1. The molecule has 1 aliphatic rings. The first kappa shape index (κ1) is 17.7. The Morgan fingerprint density at radius 3 is 2.33 bits per heavy atom.